The van der Waals surface area contributed by atoms with Crippen molar-refractivity contribution in [1.29, 1.82) is 0 Å². The Kier molecular flexibility index (Phi) is 3.40. The molecule has 2 aliphatic rings. The van der Waals surface area contributed by atoms with Crippen LogP contribution >= 0.6 is 0 Å². The third kappa shape index (κ3) is 2.57. The number of allylic oxidation sites excluding steroid dienone is 3. The number of hydrogen-bond donors (Lipinski definition) is 2. The van der Waals surface area contributed by atoms with E-state index in [9.17, 15) is 14.7 Å². The van der Waals surface area contributed by atoms with Gasteiger partial charge in [-0.25, -0.2) is 4.79 Å². The van der Waals surface area contributed by atoms with Gasteiger partial charge in [0.05, 0.1) is 5.54 Å². The quantitative estimate of drug-likeness (QED) is 0.832. The van der Waals surface area contributed by atoms with E-state index < -0.39 is 28.6 Å². The van der Waals surface area contributed by atoms with E-state index >= 15 is 0 Å². The summed E-state index contributed by atoms with van der Waals surface area (Å²) in [4.78, 5) is 23.7. The standard InChI is InChI=1S/C15H21NO4/c1-13(2,3)20-12(19)16-15(9-10-15)14(11(17)18)7-5-4-6-8-14/h4-7H,8-10H2,1-3H3,(H,16,19)(H,17,18). The second-order valence-electron chi connectivity index (χ2n) is 6.48. The summed E-state index contributed by atoms with van der Waals surface area (Å²) in [7, 11) is 0. The summed E-state index contributed by atoms with van der Waals surface area (Å²) >= 11 is 0. The van der Waals surface area contributed by atoms with E-state index in [4.69, 9.17) is 4.74 Å². The fourth-order valence-electron chi connectivity index (χ4n) is 2.65. The van der Waals surface area contributed by atoms with Crippen molar-refractivity contribution in [2.75, 3.05) is 0 Å². The Balaban J connectivity index is 2.17. The van der Waals surface area contributed by atoms with Crippen LogP contribution in [0, 0.1) is 5.41 Å². The number of rotatable bonds is 3. The largest absolute Gasteiger partial charge is 0.481 e. The summed E-state index contributed by atoms with van der Waals surface area (Å²) in [5, 5.41) is 12.4. The summed E-state index contributed by atoms with van der Waals surface area (Å²) in [6.45, 7) is 5.34. The van der Waals surface area contributed by atoms with E-state index in [0.717, 1.165) is 0 Å². The van der Waals surface area contributed by atoms with E-state index in [1.165, 1.54) is 0 Å². The Bertz CT molecular complexity index is 483. The number of carbonyl (C=O) groups excluding carboxylic acids is 1. The molecule has 1 atom stereocenters. The number of carboxylic acid groups (broad SMARTS) is 1. The second kappa shape index (κ2) is 4.65. The molecule has 0 saturated heterocycles. The van der Waals surface area contributed by atoms with Gasteiger partial charge in [0, 0.05) is 0 Å². The van der Waals surface area contributed by atoms with Gasteiger partial charge in [0.25, 0.3) is 0 Å². The topological polar surface area (TPSA) is 75.6 Å². The van der Waals surface area contributed by atoms with Crippen LogP contribution in [0.2, 0.25) is 0 Å². The van der Waals surface area contributed by atoms with E-state index in [1.54, 1.807) is 32.9 Å². The summed E-state index contributed by atoms with van der Waals surface area (Å²) < 4.78 is 5.24. The van der Waals surface area contributed by atoms with Crippen molar-refractivity contribution >= 4 is 12.1 Å². The molecule has 5 nitrogen and oxygen atoms in total. The Hall–Kier alpha value is -1.78. The highest BCUT2D eigenvalue weighted by atomic mass is 16.6. The minimum Gasteiger partial charge on any atom is -0.481 e. The van der Waals surface area contributed by atoms with E-state index in [1.807, 2.05) is 12.2 Å². The highest BCUT2D eigenvalue weighted by Crippen LogP contribution is 2.54. The predicted molar refractivity (Wildman–Crippen MR) is 74.3 cm³/mol. The first-order valence-corrected chi connectivity index (χ1v) is 6.80. The van der Waals surface area contributed by atoms with E-state index in [-0.39, 0.29) is 0 Å². The van der Waals surface area contributed by atoms with Crippen molar-refractivity contribution in [3.8, 4) is 0 Å². The number of amides is 1. The van der Waals surface area contributed by atoms with Crippen LogP contribution in [0.3, 0.4) is 0 Å². The molecule has 0 aromatic rings. The molecular weight excluding hydrogens is 258 g/mol. The van der Waals surface area contributed by atoms with Gasteiger partial charge in [-0.05, 0) is 40.0 Å². The fraction of sp³-hybridized carbons (Fsp3) is 0.600. The van der Waals surface area contributed by atoms with Gasteiger partial charge in [-0.1, -0.05) is 24.3 Å². The van der Waals surface area contributed by atoms with E-state index in [2.05, 4.69) is 5.32 Å². The molecular formula is C15H21NO4. The van der Waals surface area contributed by atoms with Crippen molar-refractivity contribution < 1.29 is 19.4 Å². The molecule has 0 aliphatic heterocycles. The SMILES string of the molecule is CC(C)(C)OC(=O)NC1(C2(C(=O)O)C=CC=CC2)CC1. The van der Waals surface area contributed by atoms with E-state index in [0.29, 0.717) is 19.3 Å². The van der Waals surface area contributed by atoms with Crippen LogP contribution in [0.15, 0.2) is 24.3 Å². The van der Waals surface area contributed by atoms with Gasteiger partial charge in [-0.2, -0.15) is 0 Å². The number of nitrogens with one attached hydrogen (secondary N) is 1. The van der Waals surface area contributed by atoms with Gasteiger partial charge in [0.1, 0.15) is 11.0 Å². The first-order chi connectivity index (χ1) is 9.21. The molecule has 0 aromatic carbocycles. The molecule has 0 bridgehead atoms. The number of alkyl carbamates (subject to hydrolysis) is 1. The van der Waals surface area contributed by atoms with Crippen LogP contribution in [0.1, 0.15) is 40.0 Å². The lowest BCUT2D eigenvalue weighted by Crippen LogP contribution is -2.54. The summed E-state index contributed by atoms with van der Waals surface area (Å²) in [6.07, 6.45) is 8.19. The molecule has 5 heteroatoms. The van der Waals surface area contributed by atoms with Crippen molar-refractivity contribution in [2.24, 2.45) is 5.41 Å². The Morgan fingerprint density at radius 3 is 2.30 bits per heavy atom. The average molecular weight is 279 g/mol. The first-order valence-electron chi connectivity index (χ1n) is 6.80. The van der Waals surface area contributed by atoms with Crippen LogP contribution in [0.25, 0.3) is 0 Å². The van der Waals surface area contributed by atoms with Crippen molar-refractivity contribution in [1.82, 2.24) is 5.32 Å². The molecule has 1 saturated carbocycles. The average Bonchev–Trinajstić information content (AvgIpc) is 3.08. The molecule has 0 radical (unpaired) electrons. The third-order valence-electron chi connectivity index (χ3n) is 3.79. The van der Waals surface area contributed by atoms with Gasteiger partial charge in [-0.15, -0.1) is 0 Å². The molecule has 2 aliphatic carbocycles. The van der Waals surface area contributed by atoms with Crippen LogP contribution in [-0.4, -0.2) is 28.3 Å². The minimum absolute atomic E-state index is 0.384. The van der Waals surface area contributed by atoms with Crippen LogP contribution < -0.4 is 5.32 Å². The zero-order chi connectivity index (χ0) is 15.0. The van der Waals surface area contributed by atoms with Crippen molar-refractivity contribution in [3.63, 3.8) is 0 Å². The normalized spacial score (nSPS) is 26.9. The van der Waals surface area contributed by atoms with Crippen LogP contribution in [0.5, 0.6) is 0 Å². The minimum atomic E-state index is -1.07. The maximum atomic E-state index is 12.0. The molecule has 2 N–H and O–H groups in total. The number of hydrogen-bond acceptors (Lipinski definition) is 3. The summed E-state index contributed by atoms with van der Waals surface area (Å²) in [5.74, 6) is -0.911. The maximum absolute atomic E-state index is 12.0. The van der Waals surface area contributed by atoms with Crippen LogP contribution in [0.4, 0.5) is 4.79 Å². The summed E-state index contributed by atoms with van der Waals surface area (Å²) in [6, 6.07) is 0. The lowest BCUT2D eigenvalue weighted by molar-refractivity contribution is -0.148. The maximum Gasteiger partial charge on any atom is 0.408 e. The number of ether oxygens (including phenoxy) is 1. The Morgan fingerprint density at radius 2 is 1.90 bits per heavy atom. The molecule has 110 valence electrons. The molecule has 0 heterocycles. The van der Waals surface area contributed by atoms with Gasteiger partial charge in [0.2, 0.25) is 0 Å². The summed E-state index contributed by atoms with van der Waals surface area (Å²) in [5.41, 5.74) is -2.40. The van der Waals surface area contributed by atoms with Gasteiger partial charge in [-0.3, -0.25) is 4.79 Å². The molecule has 2 rings (SSSR count). The monoisotopic (exact) mass is 279 g/mol. The lowest BCUT2D eigenvalue weighted by atomic mass is 9.73. The molecule has 1 amide bonds. The Morgan fingerprint density at radius 1 is 1.25 bits per heavy atom. The smallest absolute Gasteiger partial charge is 0.408 e. The zero-order valence-corrected chi connectivity index (χ0v) is 12.1. The molecule has 20 heavy (non-hydrogen) atoms. The Labute approximate surface area is 118 Å². The van der Waals surface area contributed by atoms with Crippen molar-refractivity contribution in [3.05, 3.63) is 24.3 Å². The molecule has 0 spiro atoms. The molecule has 0 aromatic heterocycles. The number of aliphatic carboxylic acids is 1. The van der Waals surface area contributed by atoms with Gasteiger partial charge >= 0.3 is 12.1 Å². The lowest BCUT2D eigenvalue weighted by Gasteiger charge is -2.36. The van der Waals surface area contributed by atoms with Crippen LogP contribution in [-0.2, 0) is 9.53 Å². The molecule has 1 fully saturated rings. The third-order valence-corrected chi connectivity index (χ3v) is 3.79. The fourth-order valence-corrected chi connectivity index (χ4v) is 2.65. The predicted octanol–water partition coefficient (Wildman–Crippen LogP) is 2.63. The van der Waals surface area contributed by atoms with Crippen molar-refractivity contribution in [2.45, 2.75) is 51.2 Å². The van der Waals surface area contributed by atoms with Gasteiger partial charge in [0.15, 0.2) is 0 Å². The molecule has 1 unspecified atom stereocenters. The highest BCUT2D eigenvalue weighted by molar-refractivity contribution is 5.83. The number of carbonyl (C=O) groups is 2. The second-order valence-corrected chi connectivity index (χ2v) is 6.48. The zero-order valence-electron chi connectivity index (χ0n) is 12.1. The number of carboxylic acids is 1. The highest BCUT2D eigenvalue weighted by Gasteiger charge is 2.63. The van der Waals surface area contributed by atoms with Gasteiger partial charge < -0.3 is 15.2 Å². The first kappa shape index (κ1) is 14.6.